The van der Waals surface area contributed by atoms with Gasteiger partial charge in [0, 0.05) is 32.6 Å². The summed E-state index contributed by atoms with van der Waals surface area (Å²) in [6, 6.07) is -28.6. The van der Waals surface area contributed by atoms with Crippen molar-refractivity contribution in [1.82, 2.24) is 0 Å². The first-order chi connectivity index (χ1) is 37.3. The van der Waals surface area contributed by atoms with Crippen molar-refractivity contribution in [1.29, 1.82) is 0 Å². The van der Waals surface area contributed by atoms with E-state index in [4.69, 9.17) is 30.5 Å². The maximum atomic E-state index is 10.3. The standard InChI is InChI=1S/C48H31NO/c1-3-13-32(14-4-1)34-23-26-37(27-24-34)49(45-30-36-17-7-8-18-38(36)39-19-9-10-20-40(39)45)46-31-44-43-29-35(33-15-5-2-6-16-33)25-28-47(43)50-48(44)42-22-12-11-21-41(42)46/h1-31H/i1D,2D,3D,4D,5D,6D,7D,8D,9D,10D,11D,12D,13D,14D,15D,16D,17D,18D,19D,20D,22D,23D,24D,25D,26D,27D,28D,29D,30D,31D. The average Bonchev–Trinajstić information content (AvgIpc) is 3.98. The van der Waals surface area contributed by atoms with Crippen molar-refractivity contribution >= 4 is 71.3 Å². The van der Waals surface area contributed by atoms with Gasteiger partial charge in [0.2, 0.25) is 0 Å². The van der Waals surface area contributed by atoms with E-state index in [0.717, 1.165) is 6.07 Å². The molecule has 9 aromatic carbocycles. The van der Waals surface area contributed by atoms with Crippen LogP contribution in [0.4, 0.5) is 17.1 Å². The largest absolute Gasteiger partial charge is 0.455 e. The third-order valence-corrected chi connectivity index (χ3v) is 7.82. The lowest BCUT2D eigenvalue weighted by atomic mass is 9.97. The van der Waals surface area contributed by atoms with E-state index in [1.54, 1.807) is 0 Å². The number of rotatable bonds is 5. The van der Waals surface area contributed by atoms with Gasteiger partial charge in [-0.3, -0.25) is 0 Å². The van der Waals surface area contributed by atoms with Crippen molar-refractivity contribution in [2.24, 2.45) is 0 Å². The zero-order valence-electron chi connectivity index (χ0n) is 54.9. The quantitative estimate of drug-likeness (QED) is 0.170. The molecule has 10 rings (SSSR count). The lowest BCUT2D eigenvalue weighted by Gasteiger charge is -2.29. The van der Waals surface area contributed by atoms with Crippen molar-refractivity contribution < 1.29 is 45.5 Å². The van der Waals surface area contributed by atoms with Crippen molar-refractivity contribution in [3.8, 4) is 22.3 Å². The molecule has 0 aliphatic carbocycles. The van der Waals surface area contributed by atoms with Gasteiger partial charge in [-0.25, -0.2) is 0 Å². The smallest absolute Gasteiger partial charge is 0.143 e. The number of nitrogens with zero attached hydrogens (tertiary/aromatic N) is 1. The second kappa shape index (κ2) is 11.5. The van der Waals surface area contributed by atoms with Crippen LogP contribution in [0, 0.1) is 0 Å². The van der Waals surface area contributed by atoms with Gasteiger partial charge in [0.15, 0.2) is 0 Å². The normalized spacial score (nSPS) is 20.0. The predicted molar refractivity (Wildman–Crippen MR) is 212 cm³/mol. The molecule has 0 aliphatic heterocycles. The molecule has 0 aliphatic rings. The minimum absolute atomic E-state index is 0.546. The number of anilines is 3. The summed E-state index contributed by atoms with van der Waals surface area (Å²) in [6.45, 7) is 0. The van der Waals surface area contributed by atoms with Crippen molar-refractivity contribution in [2.75, 3.05) is 4.90 Å². The first kappa shape index (κ1) is 11.5. The van der Waals surface area contributed by atoms with Gasteiger partial charge in [-0.15, -0.1) is 0 Å². The third kappa shape index (κ3) is 4.57. The Kier molecular flexibility index (Phi) is 2.64. The molecule has 0 radical (unpaired) electrons. The lowest BCUT2D eigenvalue weighted by Crippen LogP contribution is -2.11. The van der Waals surface area contributed by atoms with E-state index < -0.39 is 275 Å². The summed E-state index contributed by atoms with van der Waals surface area (Å²) in [5.41, 5.74) is -7.58. The summed E-state index contributed by atoms with van der Waals surface area (Å²) >= 11 is 0. The minimum atomic E-state index is -1.24. The Bertz CT molecular complexity index is 4520. The zero-order valence-corrected chi connectivity index (χ0v) is 24.9. The van der Waals surface area contributed by atoms with Crippen LogP contribution in [0.2, 0.25) is 0 Å². The number of benzene rings is 9. The number of furan rings is 1. The van der Waals surface area contributed by atoms with E-state index in [1.807, 2.05) is 0 Å². The summed E-state index contributed by atoms with van der Waals surface area (Å²) in [6.07, 6.45) is 0. The lowest BCUT2D eigenvalue weighted by molar-refractivity contribution is 0.672. The van der Waals surface area contributed by atoms with Crippen LogP contribution >= 0.6 is 0 Å². The Balaban J connectivity index is 1.55. The molecule has 0 atom stereocenters. The maximum Gasteiger partial charge on any atom is 0.143 e. The Morgan fingerprint density at radius 3 is 1.74 bits per heavy atom. The molecule has 1 aromatic heterocycles. The van der Waals surface area contributed by atoms with E-state index in [-0.39, 0.29) is 0 Å². The van der Waals surface area contributed by atoms with Gasteiger partial charge >= 0.3 is 0 Å². The Morgan fingerprint density at radius 2 is 0.960 bits per heavy atom. The highest BCUT2D eigenvalue weighted by Crippen LogP contribution is 2.47. The SMILES string of the molecule is [2H]c1cc2c(N(c3c([2H])c([2H])c(-c4c([2H])c([2H])c([2H])c([2H])c4[2H])c([2H])c3[2H])c3c([2H])c4c([2H])c([2H])c([2H])c([2H])c4c4c([2H])c([2H])c([2H])c([2H])c34)c([2H])c3c(oc4c([2H])c([2H])c(-c5c([2H])c([2H])c([2H])c([2H])c5[2H])c([2H])c43)c2c([2H])c1[2H]. The van der Waals surface area contributed by atoms with Crippen LogP contribution < -0.4 is 4.90 Å². The molecule has 0 N–H and O–H groups in total. The second-order valence-electron chi connectivity index (χ2n) is 10.6. The zero-order chi connectivity index (χ0) is 59.1. The van der Waals surface area contributed by atoms with E-state index in [9.17, 15) is 15.1 Å². The highest BCUT2D eigenvalue weighted by Gasteiger charge is 2.22. The van der Waals surface area contributed by atoms with Crippen LogP contribution in [0.1, 0.15) is 41.1 Å². The van der Waals surface area contributed by atoms with Crippen LogP contribution in [-0.4, -0.2) is 0 Å². The number of fused-ring (bicyclic) bond motifs is 8. The number of hydrogen-bond donors (Lipinski definition) is 0. The van der Waals surface area contributed by atoms with E-state index in [2.05, 4.69) is 0 Å². The molecule has 0 spiro atoms. The Hall–Kier alpha value is -6.64. The summed E-state index contributed by atoms with van der Waals surface area (Å²) in [5.74, 6) is 0. The molecular formula is C48H31NO. The highest BCUT2D eigenvalue weighted by atomic mass is 16.3. The first-order valence-corrected chi connectivity index (χ1v) is 14.7. The van der Waals surface area contributed by atoms with Crippen molar-refractivity contribution in [3.63, 3.8) is 0 Å². The van der Waals surface area contributed by atoms with Gasteiger partial charge in [-0.05, 0) is 74.7 Å². The van der Waals surface area contributed by atoms with E-state index in [1.165, 1.54) is 0 Å². The van der Waals surface area contributed by atoms with Gasteiger partial charge in [0.25, 0.3) is 0 Å². The van der Waals surface area contributed by atoms with Crippen molar-refractivity contribution in [2.45, 2.75) is 0 Å². The Labute approximate surface area is 332 Å². The van der Waals surface area contributed by atoms with E-state index in [0.29, 0.717) is 4.90 Å². The van der Waals surface area contributed by atoms with Gasteiger partial charge in [0.1, 0.15) is 11.2 Å². The fourth-order valence-electron chi connectivity index (χ4n) is 5.66. The molecule has 0 unspecified atom stereocenters. The monoisotopic (exact) mass is 667 g/mol. The third-order valence-electron chi connectivity index (χ3n) is 7.82. The van der Waals surface area contributed by atoms with Gasteiger partial charge in [0.05, 0.1) is 52.5 Å². The minimum Gasteiger partial charge on any atom is -0.455 e. The fraction of sp³-hybridized carbons (Fsp3) is 0. The second-order valence-corrected chi connectivity index (χ2v) is 10.6. The molecule has 234 valence electrons. The summed E-state index contributed by atoms with van der Waals surface area (Å²) in [4.78, 5) is 0.546. The molecule has 0 saturated heterocycles. The molecule has 2 heteroatoms. The first-order valence-electron chi connectivity index (χ1n) is 29.7. The van der Waals surface area contributed by atoms with Gasteiger partial charge in [-0.2, -0.15) is 0 Å². The molecule has 0 amide bonds. The van der Waals surface area contributed by atoms with Crippen LogP contribution in [0.3, 0.4) is 0 Å². The molecule has 2 nitrogen and oxygen atoms in total. The van der Waals surface area contributed by atoms with Gasteiger partial charge < -0.3 is 9.32 Å². The van der Waals surface area contributed by atoms with Gasteiger partial charge in [-0.1, -0.05) is 151 Å². The topological polar surface area (TPSA) is 16.4 Å². The summed E-state index contributed by atoms with van der Waals surface area (Å²) in [5, 5.41) is -5.52. The van der Waals surface area contributed by atoms with Crippen LogP contribution in [0.15, 0.2) is 192 Å². The summed E-state index contributed by atoms with van der Waals surface area (Å²) < 4.78 is 277. The fourth-order valence-corrected chi connectivity index (χ4v) is 5.66. The Morgan fingerprint density at radius 1 is 0.380 bits per heavy atom. The molecule has 0 saturated carbocycles. The predicted octanol–water partition coefficient (Wildman–Crippen LogP) is 13.8. The van der Waals surface area contributed by atoms with Crippen LogP contribution in [0.25, 0.3) is 76.5 Å². The van der Waals surface area contributed by atoms with Crippen molar-refractivity contribution in [3.05, 3.63) is 187 Å². The molecule has 50 heavy (non-hydrogen) atoms. The molecular weight excluding hydrogens is 607 g/mol. The average molecular weight is 668 g/mol. The maximum absolute atomic E-state index is 10.3. The van der Waals surface area contributed by atoms with Crippen LogP contribution in [-0.2, 0) is 0 Å². The highest BCUT2D eigenvalue weighted by molar-refractivity contribution is 6.22. The molecule has 10 aromatic rings. The number of hydrogen-bond acceptors (Lipinski definition) is 2. The molecule has 1 heterocycles. The summed E-state index contributed by atoms with van der Waals surface area (Å²) in [7, 11) is 0. The van der Waals surface area contributed by atoms with E-state index >= 15 is 0 Å². The molecule has 0 bridgehead atoms. The molecule has 0 fully saturated rings. The van der Waals surface area contributed by atoms with Crippen LogP contribution in [0.5, 0.6) is 0 Å².